The molecule has 0 amide bonds. The molecule has 0 saturated heterocycles. The fourth-order valence-electron chi connectivity index (χ4n) is 2.13. The van der Waals surface area contributed by atoms with Crippen molar-refractivity contribution in [3.63, 3.8) is 0 Å². The molecule has 2 N–H and O–H groups in total. The van der Waals surface area contributed by atoms with Gasteiger partial charge in [-0.25, -0.2) is 4.98 Å². The van der Waals surface area contributed by atoms with Crippen molar-refractivity contribution < 1.29 is 13.5 Å². The van der Waals surface area contributed by atoms with Crippen LogP contribution in [-0.4, -0.2) is 24.6 Å². The molecule has 0 aliphatic rings. The summed E-state index contributed by atoms with van der Waals surface area (Å²) in [6.07, 6.45) is 0.889. The highest BCUT2D eigenvalue weighted by molar-refractivity contribution is 14.0. The maximum absolute atomic E-state index is 12.6. The third-order valence-corrected chi connectivity index (χ3v) is 4.84. The summed E-state index contributed by atoms with van der Waals surface area (Å²) in [5, 5.41) is 9.51. The lowest BCUT2D eigenvalue weighted by Crippen LogP contribution is -2.36. The Bertz CT molecular complexity index is 777. The number of aliphatic imine (C=N–C) groups is 1. The molecule has 27 heavy (non-hydrogen) atoms. The zero-order valence-electron chi connectivity index (χ0n) is 14.6. The number of nitrogens with one attached hydrogen (secondary N) is 2. The Morgan fingerprint density at radius 1 is 1.30 bits per heavy atom. The van der Waals surface area contributed by atoms with Gasteiger partial charge >= 0.3 is 6.61 Å². The Balaban J connectivity index is 0.00000364. The summed E-state index contributed by atoms with van der Waals surface area (Å²) in [5.74, 6) is 0.372. The number of benzene rings is 1. The van der Waals surface area contributed by atoms with E-state index in [1.807, 2.05) is 12.3 Å². The van der Waals surface area contributed by atoms with Crippen LogP contribution in [0.4, 0.5) is 8.78 Å². The predicted molar refractivity (Wildman–Crippen MR) is 117 cm³/mol. The van der Waals surface area contributed by atoms with Gasteiger partial charge in [0, 0.05) is 29.6 Å². The number of aromatic nitrogens is 1. The molecule has 1 heterocycles. The summed E-state index contributed by atoms with van der Waals surface area (Å²) in [6.45, 7) is -0.292. The van der Waals surface area contributed by atoms with Crippen molar-refractivity contribution >= 4 is 64.5 Å². The molecule has 0 spiro atoms. The Morgan fingerprint density at radius 2 is 2.00 bits per heavy atom. The van der Waals surface area contributed by atoms with Gasteiger partial charge in [-0.1, -0.05) is 30.1 Å². The average Bonchev–Trinajstić information content (AvgIpc) is 3.05. The average molecular weight is 551 g/mol. The van der Waals surface area contributed by atoms with Crippen LogP contribution in [0.3, 0.4) is 0 Å². The van der Waals surface area contributed by atoms with E-state index in [1.54, 1.807) is 18.4 Å². The third-order valence-electron chi connectivity index (χ3n) is 3.30. The Kier molecular flexibility index (Phi) is 10.6. The Morgan fingerprint density at radius 3 is 2.59 bits per heavy atom. The number of hydrogen-bond acceptors (Lipinski definition) is 4. The minimum absolute atomic E-state index is 0. The molecule has 150 valence electrons. The number of halogens is 5. The first-order valence-corrected chi connectivity index (χ1v) is 9.37. The summed E-state index contributed by atoms with van der Waals surface area (Å²) in [4.78, 5) is 8.55. The molecule has 2 aromatic rings. The first kappa shape index (κ1) is 24.1. The zero-order valence-corrected chi connectivity index (χ0v) is 19.2. The van der Waals surface area contributed by atoms with Crippen molar-refractivity contribution in [2.24, 2.45) is 4.99 Å². The van der Waals surface area contributed by atoms with Crippen molar-refractivity contribution in [1.29, 1.82) is 0 Å². The maximum atomic E-state index is 12.6. The molecular formula is C16H19Cl2F2IN4OS. The molecule has 1 aromatic carbocycles. The topological polar surface area (TPSA) is 58.5 Å². The predicted octanol–water partition coefficient (Wildman–Crippen LogP) is 5.10. The minimum atomic E-state index is -2.98. The van der Waals surface area contributed by atoms with E-state index in [1.165, 1.54) is 12.1 Å². The molecule has 11 heteroatoms. The number of nitrogens with zero attached hydrogens (tertiary/aromatic N) is 2. The van der Waals surface area contributed by atoms with Crippen LogP contribution >= 0.6 is 58.5 Å². The van der Waals surface area contributed by atoms with E-state index in [4.69, 9.17) is 23.2 Å². The monoisotopic (exact) mass is 550 g/mol. The molecule has 1 aromatic heterocycles. The molecule has 0 radical (unpaired) electrons. The highest BCUT2D eigenvalue weighted by Gasteiger charge is 2.15. The molecule has 0 unspecified atom stereocenters. The maximum Gasteiger partial charge on any atom is 0.387 e. The zero-order chi connectivity index (χ0) is 19.1. The van der Waals surface area contributed by atoms with Crippen molar-refractivity contribution in [2.75, 3.05) is 7.05 Å². The van der Waals surface area contributed by atoms with Crippen molar-refractivity contribution in [1.82, 2.24) is 15.6 Å². The number of thiazole rings is 1. The van der Waals surface area contributed by atoms with Gasteiger partial charge in [0.05, 0.1) is 22.3 Å². The number of rotatable bonds is 7. The second kappa shape index (κ2) is 11.8. The van der Waals surface area contributed by atoms with E-state index in [2.05, 4.69) is 25.3 Å². The van der Waals surface area contributed by atoms with Crippen molar-refractivity contribution in [3.8, 4) is 5.75 Å². The second-order valence-corrected chi connectivity index (χ2v) is 6.91. The Labute approximate surface area is 187 Å². The molecule has 5 nitrogen and oxygen atoms in total. The summed E-state index contributed by atoms with van der Waals surface area (Å²) in [6, 6.07) is 2.87. The van der Waals surface area contributed by atoms with Gasteiger partial charge in [0.25, 0.3) is 0 Å². The van der Waals surface area contributed by atoms with Gasteiger partial charge in [-0.05, 0) is 18.6 Å². The van der Waals surface area contributed by atoms with Crippen LogP contribution in [0.5, 0.6) is 5.75 Å². The smallest absolute Gasteiger partial charge is 0.387 e. The first-order chi connectivity index (χ1) is 12.4. The highest BCUT2D eigenvalue weighted by atomic mass is 127. The molecule has 0 atom stereocenters. The molecular weight excluding hydrogens is 532 g/mol. The van der Waals surface area contributed by atoms with E-state index in [0.717, 1.165) is 17.1 Å². The number of hydrogen-bond donors (Lipinski definition) is 2. The van der Waals surface area contributed by atoms with E-state index in [-0.39, 0.29) is 41.3 Å². The number of ether oxygens (including phenoxy) is 1. The van der Waals surface area contributed by atoms with Crippen LogP contribution in [0.15, 0.2) is 22.5 Å². The lowest BCUT2D eigenvalue weighted by atomic mass is 10.2. The van der Waals surface area contributed by atoms with Crippen LogP contribution in [0.2, 0.25) is 10.0 Å². The fraction of sp³-hybridized carbons (Fsp3) is 0.375. The quantitative estimate of drug-likeness (QED) is 0.286. The first-order valence-electron chi connectivity index (χ1n) is 7.73. The van der Waals surface area contributed by atoms with E-state index >= 15 is 0 Å². The molecule has 0 saturated carbocycles. The molecule has 0 aliphatic heterocycles. The van der Waals surface area contributed by atoms with Gasteiger partial charge in [-0.2, -0.15) is 8.78 Å². The van der Waals surface area contributed by atoms with Crippen LogP contribution in [0.1, 0.15) is 23.2 Å². The highest BCUT2D eigenvalue weighted by Crippen LogP contribution is 2.33. The lowest BCUT2D eigenvalue weighted by molar-refractivity contribution is -0.0504. The van der Waals surface area contributed by atoms with Crippen LogP contribution in [0.25, 0.3) is 0 Å². The summed E-state index contributed by atoms with van der Waals surface area (Å²) in [5.41, 5.74) is 1.30. The normalized spacial score (nSPS) is 11.3. The number of aryl methyl sites for hydroxylation is 1. The largest absolute Gasteiger partial charge is 0.433 e. The van der Waals surface area contributed by atoms with Crippen LogP contribution in [0, 0.1) is 0 Å². The van der Waals surface area contributed by atoms with Crippen molar-refractivity contribution in [2.45, 2.75) is 33.0 Å². The third kappa shape index (κ3) is 7.55. The second-order valence-electron chi connectivity index (χ2n) is 5.12. The molecule has 2 rings (SSSR count). The summed E-state index contributed by atoms with van der Waals surface area (Å²) >= 11 is 13.5. The van der Waals surface area contributed by atoms with Crippen LogP contribution < -0.4 is 15.4 Å². The van der Waals surface area contributed by atoms with E-state index in [0.29, 0.717) is 23.1 Å². The standard InChI is InChI=1S/C16H18Cl2F2N4OS.HI/c1-3-13-24-11(8-26-13)7-23-16(21-2)22-6-9-4-10(17)5-12(18)14(9)25-15(19)20;/h4-5,8,15H,3,6-7H2,1-2H3,(H2,21,22,23);1H. The SMILES string of the molecule is CCc1nc(CNC(=NC)NCc2cc(Cl)cc(Cl)c2OC(F)F)cs1.I. The van der Waals surface area contributed by atoms with Crippen molar-refractivity contribution in [3.05, 3.63) is 43.8 Å². The van der Waals surface area contributed by atoms with Gasteiger partial charge in [0.15, 0.2) is 5.96 Å². The fourth-order valence-corrected chi connectivity index (χ4v) is 3.46. The van der Waals surface area contributed by atoms with Gasteiger partial charge in [0.1, 0.15) is 5.75 Å². The van der Waals surface area contributed by atoms with E-state index < -0.39 is 6.61 Å². The lowest BCUT2D eigenvalue weighted by Gasteiger charge is -2.15. The molecule has 0 bridgehead atoms. The Hall–Kier alpha value is -0.910. The molecule has 0 fully saturated rings. The summed E-state index contributed by atoms with van der Waals surface area (Å²) < 4.78 is 29.7. The van der Waals surface area contributed by atoms with Crippen LogP contribution in [-0.2, 0) is 19.5 Å². The number of guanidine groups is 1. The summed E-state index contributed by atoms with van der Waals surface area (Å²) in [7, 11) is 1.61. The molecule has 0 aliphatic carbocycles. The van der Waals surface area contributed by atoms with Gasteiger partial charge in [0.2, 0.25) is 0 Å². The van der Waals surface area contributed by atoms with E-state index in [9.17, 15) is 8.78 Å². The van der Waals surface area contributed by atoms with Gasteiger partial charge < -0.3 is 15.4 Å². The van der Waals surface area contributed by atoms with Gasteiger partial charge in [-0.3, -0.25) is 4.99 Å². The number of alkyl halides is 2. The van der Waals surface area contributed by atoms with Gasteiger partial charge in [-0.15, -0.1) is 35.3 Å². The minimum Gasteiger partial charge on any atom is -0.433 e.